The molecular formula is C17H24N4O4S. The van der Waals surface area contributed by atoms with Crippen LogP contribution in [0, 0.1) is 0 Å². The van der Waals surface area contributed by atoms with Crippen LogP contribution >= 0.6 is 0 Å². The Morgan fingerprint density at radius 3 is 2.69 bits per heavy atom. The Hall–Kier alpha value is -2.00. The van der Waals surface area contributed by atoms with E-state index in [2.05, 4.69) is 16.0 Å². The third kappa shape index (κ3) is 4.04. The summed E-state index contributed by atoms with van der Waals surface area (Å²) in [6.07, 6.45) is 4.97. The van der Waals surface area contributed by atoms with Crippen LogP contribution in [0.15, 0.2) is 34.9 Å². The molecule has 1 aromatic heterocycles. The van der Waals surface area contributed by atoms with Gasteiger partial charge in [0.25, 0.3) is 0 Å². The number of carbonyl (C=O) groups is 1. The lowest BCUT2D eigenvalue weighted by molar-refractivity contribution is -0.137. The summed E-state index contributed by atoms with van der Waals surface area (Å²) >= 11 is 0. The summed E-state index contributed by atoms with van der Waals surface area (Å²) in [4.78, 5) is 31.9. The van der Waals surface area contributed by atoms with Gasteiger partial charge in [0.05, 0.1) is 17.5 Å². The molecule has 0 aromatic carbocycles. The zero-order chi connectivity index (χ0) is 18.9. The highest BCUT2D eigenvalue weighted by atomic mass is 32.2. The first-order valence-corrected chi connectivity index (χ1v) is 10.5. The summed E-state index contributed by atoms with van der Waals surface area (Å²) in [5.41, 5.74) is 0.690. The fraction of sp³-hybridized carbons (Fsp3) is 0.588. The number of hydrogen-bond acceptors (Lipinski definition) is 6. The number of piperazine rings is 1. The molecule has 0 bridgehead atoms. The molecule has 0 N–H and O–H groups in total. The van der Waals surface area contributed by atoms with Crippen LogP contribution in [0.25, 0.3) is 0 Å². The molecule has 1 aromatic rings. The van der Waals surface area contributed by atoms with Crippen molar-refractivity contribution in [2.45, 2.75) is 32.5 Å². The van der Waals surface area contributed by atoms with Crippen molar-refractivity contribution in [3.05, 3.63) is 40.6 Å². The molecule has 1 amide bonds. The number of aromatic nitrogens is 2. The Labute approximate surface area is 153 Å². The summed E-state index contributed by atoms with van der Waals surface area (Å²) in [5, 5.41) is 0. The minimum atomic E-state index is -3.18. The summed E-state index contributed by atoms with van der Waals surface area (Å²) in [7, 11) is -3.18. The second kappa shape index (κ2) is 7.32. The fourth-order valence-electron chi connectivity index (χ4n) is 3.60. The van der Waals surface area contributed by atoms with Gasteiger partial charge < -0.3 is 4.90 Å². The molecule has 2 fully saturated rings. The highest BCUT2D eigenvalue weighted by molar-refractivity contribution is 7.91. The maximum atomic E-state index is 12.8. The molecule has 2 saturated heterocycles. The van der Waals surface area contributed by atoms with E-state index in [0.29, 0.717) is 19.6 Å². The van der Waals surface area contributed by atoms with E-state index in [1.165, 1.54) is 22.5 Å². The van der Waals surface area contributed by atoms with Gasteiger partial charge >= 0.3 is 5.69 Å². The molecule has 0 aliphatic carbocycles. The zero-order valence-corrected chi connectivity index (χ0v) is 15.9. The standard InChI is InChI=1S/C17H24N4O4S/c1-13(2)4-7-19-8-9-21(15-12-26(24,25)11-14(15)19)16(22)10-20-6-3-5-18-17(20)23/h3-6,14-15H,7-12H2,1-2H3. The minimum absolute atomic E-state index is 0.0172. The normalized spacial score (nSPS) is 24.9. The van der Waals surface area contributed by atoms with Crippen LogP contribution in [0.5, 0.6) is 0 Å². The van der Waals surface area contributed by atoms with Crippen LogP contribution in [-0.2, 0) is 21.2 Å². The van der Waals surface area contributed by atoms with Crippen LogP contribution in [-0.4, -0.2) is 76.9 Å². The minimum Gasteiger partial charge on any atom is -0.334 e. The fourth-order valence-corrected chi connectivity index (χ4v) is 5.62. The largest absolute Gasteiger partial charge is 0.347 e. The average molecular weight is 380 g/mol. The number of allylic oxidation sites excluding steroid dienone is 1. The molecule has 0 radical (unpaired) electrons. The van der Waals surface area contributed by atoms with Crippen LogP contribution in [0.4, 0.5) is 0 Å². The van der Waals surface area contributed by atoms with Crippen LogP contribution in [0.2, 0.25) is 0 Å². The number of nitrogens with zero attached hydrogens (tertiary/aromatic N) is 4. The van der Waals surface area contributed by atoms with Crippen LogP contribution < -0.4 is 5.69 Å². The van der Waals surface area contributed by atoms with Crippen molar-refractivity contribution < 1.29 is 13.2 Å². The Morgan fingerprint density at radius 1 is 1.27 bits per heavy atom. The number of hydrogen-bond donors (Lipinski definition) is 0. The van der Waals surface area contributed by atoms with Crippen molar-refractivity contribution in [3.8, 4) is 0 Å². The van der Waals surface area contributed by atoms with Gasteiger partial charge in [-0.2, -0.15) is 0 Å². The molecule has 3 rings (SSSR count). The van der Waals surface area contributed by atoms with E-state index in [0.717, 1.165) is 0 Å². The third-order valence-electron chi connectivity index (χ3n) is 4.93. The van der Waals surface area contributed by atoms with Crippen LogP contribution in [0.3, 0.4) is 0 Å². The summed E-state index contributed by atoms with van der Waals surface area (Å²) in [6.45, 7) is 5.66. The quantitative estimate of drug-likeness (QED) is 0.655. The van der Waals surface area contributed by atoms with E-state index in [1.807, 2.05) is 13.8 Å². The molecule has 2 aliphatic rings. The predicted molar refractivity (Wildman–Crippen MR) is 97.4 cm³/mol. The van der Waals surface area contributed by atoms with Gasteiger partial charge in [0, 0.05) is 38.1 Å². The first-order chi connectivity index (χ1) is 12.3. The molecule has 142 valence electrons. The van der Waals surface area contributed by atoms with Gasteiger partial charge in [0.15, 0.2) is 9.84 Å². The van der Waals surface area contributed by atoms with Crippen molar-refractivity contribution in [2.75, 3.05) is 31.1 Å². The lowest BCUT2D eigenvalue weighted by Gasteiger charge is -2.43. The smallest absolute Gasteiger partial charge is 0.334 e. The van der Waals surface area contributed by atoms with E-state index in [4.69, 9.17) is 0 Å². The van der Waals surface area contributed by atoms with E-state index in [9.17, 15) is 18.0 Å². The predicted octanol–water partition coefficient (Wildman–Crippen LogP) is -0.481. The van der Waals surface area contributed by atoms with Crippen LogP contribution in [0.1, 0.15) is 13.8 Å². The Kier molecular flexibility index (Phi) is 5.29. The van der Waals surface area contributed by atoms with Gasteiger partial charge in [-0.3, -0.25) is 14.3 Å². The van der Waals surface area contributed by atoms with Gasteiger partial charge in [-0.1, -0.05) is 11.6 Å². The maximum absolute atomic E-state index is 12.8. The lowest BCUT2D eigenvalue weighted by Crippen LogP contribution is -2.61. The van der Waals surface area contributed by atoms with Crippen molar-refractivity contribution in [1.82, 2.24) is 19.4 Å². The molecule has 0 saturated carbocycles. The zero-order valence-electron chi connectivity index (χ0n) is 15.0. The van der Waals surface area contributed by atoms with Gasteiger partial charge in [-0.05, 0) is 19.9 Å². The van der Waals surface area contributed by atoms with E-state index in [1.54, 1.807) is 11.0 Å². The number of sulfone groups is 1. The number of fused-ring (bicyclic) bond motifs is 1. The van der Waals surface area contributed by atoms with Crippen molar-refractivity contribution in [3.63, 3.8) is 0 Å². The third-order valence-corrected chi connectivity index (χ3v) is 6.63. The summed E-state index contributed by atoms with van der Waals surface area (Å²) in [6, 6.07) is 1.03. The highest BCUT2D eigenvalue weighted by Crippen LogP contribution is 2.27. The SMILES string of the molecule is CC(C)=CCN1CCN(C(=O)Cn2cccnc2=O)C2CS(=O)(=O)CC21. The van der Waals surface area contributed by atoms with Gasteiger partial charge in [0.2, 0.25) is 5.91 Å². The number of rotatable bonds is 4. The molecular weight excluding hydrogens is 356 g/mol. The van der Waals surface area contributed by atoms with E-state index >= 15 is 0 Å². The maximum Gasteiger partial charge on any atom is 0.347 e. The van der Waals surface area contributed by atoms with E-state index in [-0.39, 0.29) is 36.0 Å². The monoisotopic (exact) mass is 380 g/mol. The summed E-state index contributed by atoms with van der Waals surface area (Å²) < 4.78 is 25.7. The number of amides is 1. The average Bonchev–Trinajstić information content (AvgIpc) is 2.89. The van der Waals surface area contributed by atoms with Crippen molar-refractivity contribution in [1.29, 1.82) is 0 Å². The van der Waals surface area contributed by atoms with Crippen molar-refractivity contribution >= 4 is 15.7 Å². The van der Waals surface area contributed by atoms with Gasteiger partial charge in [-0.25, -0.2) is 18.2 Å². The topological polar surface area (TPSA) is 92.6 Å². The molecule has 9 heteroatoms. The molecule has 2 atom stereocenters. The number of carbonyl (C=O) groups excluding carboxylic acids is 1. The second-order valence-electron chi connectivity index (χ2n) is 7.11. The second-order valence-corrected chi connectivity index (χ2v) is 9.26. The molecule has 8 nitrogen and oxygen atoms in total. The first kappa shape index (κ1) is 18.8. The Bertz CT molecular complexity index is 873. The van der Waals surface area contributed by atoms with E-state index < -0.39 is 15.5 Å². The molecule has 26 heavy (non-hydrogen) atoms. The molecule has 2 aliphatic heterocycles. The molecule has 0 spiro atoms. The van der Waals surface area contributed by atoms with Crippen molar-refractivity contribution in [2.24, 2.45) is 0 Å². The van der Waals surface area contributed by atoms with Gasteiger partial charge in [0.1, 0.15) is 6.54 Å². The first-order valence-electron chi connectivity index (χ1n) is 8.65. The Balaban J connectivity index is 1.79. The lowest BCUT2D eigenvalue weighted by atomic mass is 10.0. The summed E-state index contributed by atoms with van der Waals surface area (Å²) in [5.74, 6) is -0.185. The highest BCUT2D eigenvalue weighted by Gasteiger charge is 2.47. The Morgan fingerprint density at radius 2 is 2.00 bits per heavy atom. The van der Waals surface area contributed by atoms with Gasteiger partial charge in [-0.15, -0.1) is 0 Å². The molecule has 2 unspecified atom stereocenters. The molecule has 3 heterocycles.